The Bertz CT molecular complexity index is 539. The summed E-state index contributed by atoms with van der Waals surface area (Å²) in [6.07, 6.45) is 1.39. The average molecular weight is 273 g/mol. The summed E-state index contributed by atoms with van der Waals surface area (Å²) in [5.74, 6) is -0.195. The molecular formula is C17H20FNO. The summed E-state index contributed by atoms with van der Waals surface area (Å²) in [4.78, 5) is 0. The summed E-state index contributed by atoms with van der Waals surface area (Å²) in [6.45, 7) is 0.709. The Morgan fingerprint density at radius 1 is 1.10 bits per heavy atom. The molecule has 20 heavy (non-hydrogen) atoms. The fourth-order valence-electron chi connectivity index (χ4n) is 2.17. The van der Waals surface area contributed by atoms with E-state index in [-0.39, 0.29) is 11.9 Å². The monoisotopic (exact) mass is 273 g/mol. The highest BCUT2D eigenvalue weighted by atomic mass is 19.1. The standard InChI is InChI=1S/C17H20FNO/c1-20-11-10-13-6-8-14(9-7-13)17(19)12-15-4-2-3-5-16(15)18/h2-9,17H,10-12,19H2,1H3. The van der Waals surface area contributed by atoms with Gasteiger partial charge in [0.05, 0.1) is 6.61 Å². The summed E-state index contributed by atoms with van der Waals surface area (Å²) in [7, 11) is 1.69. The van der Waals surface area contributed by atoms with Gasteiger partial charge in [0.15, 0.2) is 0 Å². The van der Waals surface area contributed by atoms with Crippen LogP contribution in [0.4, 0.5) is 4.39 Å². The van der Waals surface area contributed by atoms with Gasteiger partial charge in [0.1, 0.15) is 5.82 Å². The van der Waals surface area contributed by atoms with E-state index in [0.29, 0.717) is 18.6 Å². The number of rotatable bonds is 6. The molecule has 0 aliphatic rings. The minimum absolute atomic E-state index is 0.191. The van der Waals surface area contributed by atoms with E-state index in [1.54, 1.807) is 19.2 Å². The highest BCUT2D eigenvalue weighted by Crippen LogP contribution is 2.18. The topological polar surface area (TPSA) is 35.2 Å². The van der Waals surface area contributed by atoms with E-state index in [2.05, 4.69) is 12.1 Å². The molecular weight excluding hydrogens is 253 g/mol. The summed E-state index contributed by atoms with van der Waals surface area (Å²) in [6, 6.07) is 14.7. The third-order valence-electron chi connectivity index (χ3n) is 3.40. The van der Waals surface area contributed by atoms with Gasteiger partial charge in [-0.25, -0.2) is 4.39 Å². The van der Waals surface area contributed by atoms with Crippen molar-refractivity contribution < 1.29 is 9.13 Å². The minimum Gasteiger partial charge on any atom is -0.384 e. The van der Waals surface area contributed by atoms with E-state index in [1.807, 2.05) is 18.2 Å². The predicted octanol–water partition coefficient (Wildman–Crippen LogP) is 3.26. The second-order valence-electron chi connectivity index (χ2n) is 4.89. The number of benzene rings is 2. The number of ether oxygens (including phenoxy) is 1. The van der Waals surface area contributed by atoms with Gasteiger partial charge in [0, 0.05) is 13.2 Å². The predicted molar refractivity (Wildman–Crippen MR) is 79.1 cm³/mol. The van der Waals surface area contributed by atoms with Gasteiger partial charge in [-0.05, 0) is 35.6 Å². The maximum absolute atomic E-state index is 13.6. The fourth-order valence-corrected chi connectivity index (χ4v) is 2.17. The summed E-state index contributed by atoms with van der Waals surface area (Å²) >= 11 is 0. The van der Waals surface area contributed by atoms with E-state index in [9.17, 15) is 4.39 Å². The van der Waals surface area contributed by atoms with Crippen LogP contribution in [0.25, 0.3) is 0 Å². The number of hydrogen-bond donors (Lipinski definition) is 1. The van der Waals surface area contributed by atoms with Crippen LogP contribution in [0.15, 0.2) is 48.5 Å². The lowest BCUT2D eigenvalue weighted by atomic mass is 9.98. The molecule has 0 saturated heterocycles. The molecule has 0 amide bonds. The molecule has 0 fully saturated rings. The lowest BCUT2D eigenvalue weighted by molar-refractivity contribution is 0.202. The van der Waals surface area contributed by atoms with Crippen molar-refractivity contribution in [1.29, 1.82) is 0 Å². The molecule has 0 bridgehead atoms. The first-order valence-corrected chi connectivity index (χ1v) is 6.77. The first-order valence-electron chi connectivity index (χ1n) is 6.77. The quantitative estimate of drug-likeness (QED) is 0.876. The molecule has 2 rings (SSSR count). The highest BCUT2D eigenvalue weighted by molar-refractivity contribution is 5.27. The largest absolute Gasteiger partial charge is 0.384 e. The first-order chi connectivity index (χ1) is 9.70. The van der Waals surface area contributed by atoms with Crippen LogP contribution in [0.2, 0.25) is 0 Å². The molecule has 3 heteroatoms. The van der Waals surface area contributed by atoms with E-state index < -0.39 is 0 Å². The molecule has 0 radical (unpaired) electrons. The molecule has 0 spiro atoms. The number of nitrogens with two attached hydrogens (primary N) is 1. The molecule has 0 aliphatic carbocycles. The van der Waals surface area contributed by atoms with Crippen molar-refractivity contribution in [3.05, 3.63) is 71.0 Å². The van der Waals surface area contributed by atoms with Gasteiger partial charge >= 0.3 is 0 Å². The molecule has 0 aromatic heterocycles. The molecule has 2 aromatic rings. The third-order valence-corrected chi connectivity index (χ3v) is 3.40. The van der Waals surface area contributed by atoms with Crippen molar-refractivity contribution in [3.63, 3.8) is 0 Å². The molecule has 0 heterocycles. The van der Waals surface area contributed by atoms with E-state index in [4.69, 9.17) is 10.5 Å². The van der Waals surface area contributed by atoms with Gasteiger partial charge in [-0.2, -0.15) is 0 Å². The van der Waals surface area contributed by atoms with E-state index in [0.717, 1.165) is 12.0 Å². The third kappa shape index (κ3) is 3.89. The first kappa shape index (κ1) is 14.7. The zero-order valence-corrected chi connectivity index (χ0v) is 11.7. The van der Waals surface area contributed by atoms with E-state index >= 15 is 0 Å². The number of halogens is 1. The van der Waals surface area contributed by atoms with Crippen LogP contribution < -0.4 is 5.73 Å². The highest BCUT2D eigenvalue weighted by Gasteiger charge is 2.10. The van der Waals surface area contributed by atoms with E-state index in [1.165, 1.54) is 11.6 Å². The number of methoxy groups -OCH3 is 1. The van der Waals surface area contributed by atoms with Crippen LogP contribution in [0.1, 0.15) is 22.7 Å². The molecule has 0 saturated carbocycles. The van der Waals surface area contributed by atoms with Crippen molar-refractivity contribution in [2.45, 2.75) is 18.9 Å². The minimum atomic E-state index is -0.195. The number of hydrogen-bond acceptors (Lipinski definition) is 2. The van der Waals surface area contributed by atoms with Gasteiger partial charge in [0.25, 0.3) is 0 Å². The maximum Gasteiger partial charge on any atom is 0.126 e. The van der Waals surface area contributed by atoms with Crippen LogP contribution >= 0.6 is 0 Å². The zero-order chi connectivity index (χ0) is 14.4. The fraction of sp³-hybridized carbons (Fsp3) is 0.294. The summed E-state index contributed by atoms with van der Waals surface area (Å²) in [5.41, 5.74) is 9.05. The summed E-state index contributed by atoms with van der Waals surface area (Å²) < 4.78 is 18.6. The Morgan fingerprint density at radius 2 is 1.80 bits per heavy atom. The Morgan fingerprint density at radius 3 is 2.45 bits per heavy atom. The molecule has 2 aromatic carbocycles. The van der Waals surface area contributed by atoms with Gasteiger partial charge in [-0.1, -0.05) is 42.5 Å². The molecule has 2 nitrogen and oxygen atoms in total. The normalized spacial score (nSPS) is 12.3. The van der Waals surface area contributed by atoms with Crippen molar-refractivity contribution in [2.75, 3.05) is 13.7 Å². The Kier molecular flexibility index (Phi) is 5.27. The second-order valence-corrected chi connectivity index (χ2v) is 4.89. The van der Waals surface area contributed by atoms with Gasteiger partial charge in [-0.3, -0.25) is 0 Å². The van der Waals surface area contributed by atoms with Gasteiger partial charge < -0.3 is 10.5 Å². The van der Waals surface area contributed by atoms with Crippen molar-refractivity contribution in [3.8, 4) is 0 Å². The summed E-state index contributed by atoms with van der Waals surface area (Å²) in [5, 5.41) is 0. The van der Waals surface area contributed by atoms with Crippen molar-refractivity contribution in [1.82, 2.24) is 0 Å². The Hall–Kier alpha value is -1.71. The van der Waals surface area contributed by atoms with Crippen molar-refractivity contribution in [2.24, 2.45) is 5.73 Å². The van der Waals surface area contributed by atoms with Crippen LogP contribution in [0, 0.1) is 5.82 Å². The molecule has 0 aliphatic heterocycles. The molecule has 106 valence electrons. The SMILES string of the molecule is COCCc1ccc(C(N)Cc2ccccc2F)cc1. The Balaban J connectivity index is 2.02. The zero-order valence-electron chi connectivity index (χ0n) is 11.7. The van der Waals surface area contributed by atoms with Gasteiger partial charge in [0.2, 0.25) is 0 Å². The smallest absolute Gasteiger partial charge is 0.126 e. The molecule has 2 N–H and O–H groups in total. The molecule has 1 atom stereocenters. The maximum atomic E-state index is 13.6. The van der Waals surface area contributed by atoms with Crippen LogP contribution in [0.3, 0.4) is 0 Å². The second kappa shape index (κ2) is 7.17. The van der Waals surface area contributed by atoms with Crippen LogP contribution in [-0.2, 0) is 17.6 Å². The Labute approximate surface area is 119 Å². The van der Waals surface area contributed by atoms with Crippen molar-refractivity contribution >= 4 is 0 Å². The van der Waals surface area contributed by atoms with Crippen LogP contribution in [0.5, 0.6) is 0 Å². The molecule has 1 unspecified atom stereocenters. The lowest BCUT2D eigenvalue weighted by Gasteiger charge is -2.13. The van der Waals surface area contributed by atoms with Gasteiger partial charge in [-0.15, -0.1) is 0 Å². The average Bonchev–Trinajstić information content (AvgIpc) is 2.48. The lowest BCUT2D eigenvalue weighted by Crippen LogP contribution is -2.14. The van der Waals surface area contributed by atoms with Crippen LogP contribution in [-0.4, -0.2) is 13.7 Å².